The molecule has 33 heavy (non-hydrogen) atoms. The second-order valence-electron chi connectivity index (χ2n) is 8.12. The predicted octanol–water partition coefficient (Wildman–Crippen LogP) is 2.11. The van der Waals surface area contributed by atoms with Crippen LogP contribution in [0.3, 0.4) is 0 Å². The van der Waals surface area contributed by atoms with E-state index in [1.165, 1.54) is 4.90 Å². The lowest BCUT2D eigenvalue weighted by Gasteiger charge is -2.37. The molecule has 0 aliphatic carbocycles. The number of amides is 1. The molecule has 0 aromatic carbocycles. The van der Waals surface area contributed by atoms with Crippen LogP contribution >= 0.6 is 0 Å². The normalized spacial score (nSPS) is 17.0. The minimum absolute atomic E-state index is 0.110. The molecule has 11 heteroatoms. The zero-order valence-electron chi connectivity index (χ0n) is 19.3. The highest BCUT2D eigenvalue weighted by Crippen LogP contribution is 2.25. The minimum atomic E-state index is -3.36. The molecule has 0 spiro atoms. The Morgan fingerprint density at radius 3 is 2.61 bits per heavy atom. The van der Waals surface area contributed by atoms with E-state index in [9.17, 15) is 18.4 Å². The lowest BCUT2D eigenvalue weighted by atomic mass is 10.1. The first kappa shape index (κ1) is 24.8. The second kappa shape index (κ2) is 10.9. The molecule has 0 bridgehead atoms. The molecule has 1 aromatic heterocycles. The van der Waals surface area contributed by atoms with Gasteiger partial charge in [-0.15, -0.1) is 0 Å². The summed E-state index contributed by atoms with van der Waals surface area (Å²) in [5.41, 5.74) is 1.73. The van der Waals surface area contributed by atoms with E-state index >= 15 is 0 Å². The summed E-state index contributed by atoms with van der Waals surface area (Å²) in [4.78, 5) is 33.1. The van der Waals surface area contributed by atoms with Crippen molar-refractivity contribution < 1.29 is 18.3 Å². The summed E-state index contributed by atoms with van der Waals surface area (Å²) in [6, 6.07) is 0. The number of aromatic nitrogens is 2. The van der Waals surface area contributed by atoms with Crippen LogP contribution in [-0.4, -0.2) is 79.0 Å². The number of piperazine rings is 1. The van der Waals surface area contributed by atoms with Crippen LogP contribution in [0.15, 0.2) is 21.5 Å². The van der Waals surface area contributed by atoms with Crippen molar-refractivity contribution in [2.45, 2.75) is 45.5 Å². The first-order valence-electron chi connectivity index (χ1n) is 11.4. The monoisotopic (exact) mass is 466 g/mol. The van der Waals surface area contributed by atoms with Crippen molar-refractivity contribution in [2.24, 2.45) is 5.10 Å². The van der Waals surface area contributed by atoms with Gasteiger partial charge in [-0.25, -0.2) is 4.98 Å². The Morgan fingerprint density at radius 2 is 2.03 bits per heavy atom. The summed E-state index contributed by atoms with van der Waals surface area (Å²) in [5, 5.41) is 7.02. The highest BCUT2D eigenvalue weighted by Gasteiger charge is 2.42. The summed E-state index contributed by atoms with van der Waals surface area (Å²) < 4.78 is 34.5. The summed E-state index contributed by atoms with van der Waals surface area (Å²) in [7, 11) is 0. The van der Waals surface area contributed by atoms with Gasteiger partial charge < -0.3 is 19.9 Å². The third-order valence-corrected chi connectivity index (χ3v) is 5.88. The van der Waals surface area contributed by atoms with Gasteiger partial charge in [-0.2, -0.15) is 18.6 Å². The Kier molecular flexibility index (Phi) is 8.17. The Balaban J connectivity index is 1.78. The van der Waals surface area contributed by atoms with Gasteiger partial charge in [0.1, 0.15) is 5.69 Å². The molecule has 2 aliphatic rings. The quantitative estimate of drug-likeness (QED) is 0.443. The molecule has 1 N–H and O–H groups in total. The van der Waals surface area contributed by atoms with E-state index in [1.54, 1.807) is 11.8 Å². The predicted molar refractivity (Wildman–Crippen MR) is 123 cm³/mol. The van der Waals surface area contributed by atoms with Crippen molar-refractivity contribution in [1.82, 2.24) is 14.6 Å². The van der Waals surface area contributed by atoms with Crippen molar-refractivity contribution in [1.29, 1.82) is 0 Å². The molecule has 0 radical (unpaired) electrons. The van der Waals surface area contributed by atoms with Crippen molar-refractivity contribution >= 4 is 24.3 Å². The highest BCUT2D eigenvalue weighted by molar-refractivity contribution is 5.83. The standard InChI is InChI=1S/C22H32F2N6O3/c1-4-8-22(23,24)20(32)29-11-9-28(10-12-29)18-17(5-2)27-21(30(25-3)19(18)31)26-15-16-6-13-33-14-7-16/h6H,3-5,7-15H2,1-2H3,(H,26,27). The van der Waals surface area contributed by atoms with Crippen LogP contribution in [0.1, 0.15) is 38.8 Å². The summed E-state index contributed by atoms with van der Waals surface area (Å²) in [6.45, 7) is 9.50. The van der Waals surface area contributed by atoms with E-state index in [0.29, 0.717) is 43.5 Å². The number of nitrogens with one attached hydrogen (secondary N) is 1. The van der Waals surface area contributed by atoms with E-state index in [4.69, 9.17) is 4.74 Å². The molecule has 0 saturated carbocycles. The largest absolute Gasteiger partial charge is 0.377 e. The molecule has 3 rings (SSSR count). The summed E-state index contributed by atoms with van der Waals surface area (Å²) >= 11 is 0. The van der Waals surface area contributed by atoms with Crippen LogP contribution in [0.4, 0.5) is 20.4 Å². The number of alkyl halides is 2. The fourth-order valence-electron chi connectivity index (χ4n) is 4.06. The number of aryl methyl sites for hydroxylation is 1. The van der Waals surface area contributed by atoms with Gasteiger partial charge in [0, 0.05) is 45.9 Å². The Hall–Kier alpha value is -2.82. The molecule has 1 amide bonds. The van der Waals surface area contributed by atoms with E-state index < -0.39 is 18.3 Å². The van der Waals surface area contributed by atoms with Gasteiger partial charge in [0.25, 0.3) is 11.5 Å². The van der Waals surface area contributed by atoms with Crippen molar-refractivity contribution in [2.75, 3.05) is 56.2 Å². The number of hydrogen-bond acceptors (Lipinski definition) is 7. The zero-order valence-corrected chi connectivity index (χ0v) is 19.3. The van der Waals surface area contributed by atoms with Crippen LogP contribution in [0.2, 0.25) is 0 Å². The van der Waals surface area contributed by atoms with Crippen LogP contribution in [0, 0.1) is 0 Å². The van der Waals surface area contributed by atoms with E-state index in [-0.39, 0.29) is 38.2 Å². The first-order valence-corrected chi connectivity index (χ1v) is 11.4. The first-order chi connectivity index (χ1) is 15.8. The molecule has 2 aliphatic heterocycles. The van der Waals surface area contributed by atoms with Crippen LogP contribution < -0.4 is 15.8 Å². The number of carbonyl (C=O) groups excluding carboxylic acids is 1. The smallest absolute Gasteiger partial charge is 0.324 e. The molecule has 0 unspecified atom stereocenters. The summed E-state index contributed by atoms with van der Waals surface area (Å²) in [5.74, 6) is -4.21. The molecule has 3 heterocycles. The Labute approximate surface area is 192 Å². The van der Waals surface area contributed by atoms with Gasteiger partial charge in [-0.05, 0) is 19.3 Å². The molecule has 1 saturated heterocycles. The molecular weight excluding hydrogens is 434 g/mol. The molecule has 0 atom stereocenters. The number of nitrogens with zero attached hydrogens (tertiary/aromatic N) is 5. The van der Waals surface area contributed by atoms with Crippen molar-refractivity contribution in [3.8, 4) is 0 Å². The third kappa shape index (κ3) is 5.58. The van der Waals surface area contributed by atoms with Gasteiger partial charge in [0.2, 0.25) is 5.95 Å². The van der Waals surface area contributed by atoms with E-state index in [1.807, 2.05) is 13.0 Å². The molecule has 9 nitrogen and oxygen atoms in total. The maximum absolute atomic E-state index is 14.0. The van der Waals surface area contributed by atoms with Gasteiger partial charge in [-0.1, -0.05) is 25.5 Å². The number of rotatable bonds is 9. The van der Waals surface area contributed by atoms with E-state index in [2.05, 4.69) is 22.1 Å². The lowest BCUT2D eigenvalue weighted by Crippen LogP contribution is -2.54. The summed E-state index contributed by atoms with van der Waals surface area (Å²) in [6.07, 6.45) is 3.06. The van der Waals surface area contributed by atoms with E-state index in [0.717, 1.165) is 16.7 Å². The topological polar surface area (TPSA) is 92.1 Å². The van der Waals surface area contributed by atoms with Gasteiger partial charge in [0.15, 0.2) is 0 Å². The molecule has 182 valence electrons. The number of anilines is 2. The van der Waals surface area contributed by atoms with Crippen molar-refractivity contribution in [3.63, 3.8) is 0 Å². The fourth-order valence-corrected chi connectivity index (χ4v) is 4.06. The maximum Gasteiger partial charge on any atom is 0.324 e. The fraction of sp³-hybridized carbons (Fsp3) is 0.636. The lowest BCUT2D eigenvalue weighted by molar-refractivity contribution is -0.158. The number of halogens is 2. The SMILES string of the molecule is C=Nn1c(NCC2=CCOCC2)nc(CC)c(N2CCN(C(=O)C(F)(F)CCC)CC2)c1=O. The number of hydrogen-bond donors (Lipinski definition) is 1. The van der Waals surface area contributed by atoms with Crippen LogP contribution in [0.5, 0.6) is 0 Å². The third-order valence-electron chi connectivity index (χ3n) is 5.88. The molecule has 1 aromatic rings. The second-order valence-corrected chi connectivity index (χ2v) is 8.12. The van der Waals surface area contributed by atoms with Gasteiger partial charge in [0.05, 0.1) is 18.9 Å². The molecular formula is C22H32F2N6O3. The number of carbonyl (C=O) groups is 1. The Morgan fingerprint density at radius 1 is 1.30 bits per heavy atom. The average molecular weight is 467 g/mol. The molecule has 1 fully saturated rings. The Bertz CT molecular complexity index is 954. The average Bonchev–Trinajstić information content (AvgIpc) is 2.82. The van der Waals surface area contributed by atoms with Gasteiger partial charge >= 0.3 is 5.92 Å². The van der Waals surface area contributed by atoms with Crippen LogP contribution in [0.25, 0.3) is 0 Å². The van der Waals surface area contributed by atoms with Crippen LogP contribution in [-0.2, 0) is 16.0 Å². The van der Waals surface area contributed by atoms with Crippen molar-refractivity contribution in [3.05, 3.63) is 27.7 Å². The minimum Gasteiger partial charge on any atom is -0.377 e. The highest BCUT2D eigenvalue weighted by atomic mass is 19.3. The number of ether oxygens (including phenoxy) is 1. The van der Waals surface area contributed by atoms with Gasteiger partial charge in [-0.3, -0.25) is 9.59 Å². The zero-order chi connectivity index (χ0) is 24.0. The maximum atomic E-state index is 14.0.